The lowest BCUT2D eigenvalue weighted by Crippen LogP contribution is -2.34. The van der Waals surface area contributed by atoms with Gasteiger partial charge in [0.15, 0.2) is 0 Å². The van der Waals surface area contributed by atoms with Gasteiger partial charge in [-0.25, -0.2) is 17.1 Å². The third-order valence-corrected chi connectivity index (χ3v) is 7.51. The van der Waals surface area contributed by atoms with Crippen molar-refractivity contribution in [2.24, 2.45) is 0 Å². The third kappa shape index (κ3) is 3.08. The van der Waals surface area contributed by atoms with Gasteiger partial charge < -0.3 is 0 Å². The molecule has 1 saturated carbocycles. The summed E-state index contributed by atoms with van der Waals surface area (Å²) in [7, 11) is 0.00858. The van der Waals surface area contributed by atoms with Crippen LogP contribution in [0.3, 0.4) is 0 Å². The Kier molecular flexibility index (Phi) is 4.39. The quantitative estimate of drug-likeness (QED) is 0.782. The van der Waals surface area contributed by atoms with Crippen molar-refractivity contribution in [1.29, 1.82) is 0 Å². The van der Waals surface area contributed by atoms with Crippen LogP contribution in [0.5, 0.6) is 0 Å². The smallest absolute Gasteiger partial charge is 0.243 e. The number of halogens is 1. The molecule has 1 fully saturated rings. The molecule has 27 heavy (non-hydrogen) atoms. The van der Waals surface area contributed by atoms with E-state index in [1.165, 1.54) is 16.4 Å². The van der Waals surface area contributed by atoms with E-state index in [1.807, 2.05) is 30.1 Å². The second-order valence-corrected chi connectivity index (χ2v) is 9.28. The van der Waals surface area contributed by atoms with Gasteiger partial charge in [0, 0.05) is 20.6 Å². The zero-order chi connectivity index (χ0) is 19.3. The van der Waals surface area contributed by atoms with Crippen LogP contribution in [-0.2, 0) is 16.6 Å². The fraction of sp³-hybridized carbons (Fsp3) is 0.400. The Morgan fingerprint density at radius 3 is 2.44 bits per heavy atom. The summed E-state index contributed by atoms with van der Waals surface area (Å²) in [5, 5.41) is 3.98. The van der Waals surface area contributed by atoms with Crippen LogP contribution in [-0.4, -0.2) is 33.4 Å². The lowest BCUT2D eigenvalue weighted by Gasteiger charge is -2.28. The molecule has 0 N–H and O–H groups in total. The summed E-state index contributed by atoms with van der Waals surface area (Å²) in [6.45, 7) is 2.91. The summed E-state index contributed by atoms with van der Waals surface area (Å²) in [6.07, 6.45) is 2.07. The summed E-state index contributed by atoms with van der Waals surface area (Å²) < 4.78 is 40.8. The van der Waals surface area contributed by atoms with E-state index in [1.54, 1.807) is 19.2 Å². The van der Waals surface area contributed by atoms with Crippen molar-refractivity contribution < 1.29 is 12.8 Å². The number of hydrazine groups is 1. The molecule has 2 aromatic carbocycles. The second-order valence-electron chi connectivity index (χ2n) is 7.27. The molecular weight excluding hydrogens is 365 g/mol. The van der Waals surface area contributed by atoms with Crippen molar-refractivity contribution in [3.63, 3.8) is 0 Å². The number of hydrogen-bond donors (Lipinski definition) is 0. The molecular formula is C20H24FN3O2S. The number of fused-ring (bicyclic) bond motifs is 1. The van der Waals surface area contributed by atoms with Crippen LogP contribution in [0.1, 0.15) is 36.8 Å². The van der Waals surface area contributed by atoms with E-state index >= 15 is 0 Å². The van der Waals surface area contributed by atoms with Crippen molar-refractivity contribution >= 4 is 21.4 Å². The van der Waals surface area contributed by atoms with Crippen LogP contribution in [0, 0.1) is 5.82 Å². The molecule has 0 atom stereocenters. The average molecular weight is 389 g/mol. The third-order valence-electron chi connectivity index (χ3n) is 5.52. The van der Waals surface area contributed by atoms with Crippen LogP contribution in [0.25, 0.3) is 0 Å². The van der Waals surface area contributed by atoms with Crippen LogP contribution in [0.2, 0.25) is 0 Å². The molecule has 5 nitrogen and oxygen atoms in total. The van der Waals surface area contributed by atoms with Gasteiger partial charge >= 0.3 is 0 Å². The monoisotopic (exact) mass is 389 g/mol. The first-order valence-corrected chi connectivity index (χ1v) is 10.7. The Labute approximate surface area is 160 Å². The lowest BCUT2D eigenvalue weighted by atomic mass is 10.1. The highest BCUT2D eigenvalue weighted by atomic mass is 32.2. The zero-order valence-electron chi connectivity index (χ0n) is 15.8. The standard InChI is InChI=1S/C20H24FN3O2S/c1-4-22(2)27(25,26)20-12-19-15(11-18(20)14-5-6-14)13-24(23(19)3)17-9-7-16(21)8-10-17/h7-12,14H,4-6,13H2,1-3H3. The van der Waals surface area contributed by atoms with E-state index in [-0.39, 0.29) is 5.82 Å². The van der Waals surface area contributed by atoms with Crippen LogP contribution in [0.4, 0.5) is 15.8 Å². The first-order valence-electron chi connectivity index (χ1n) is 9.23. The molecule has 1 aliphatic heterocycles. The molecule has 0 radical (unpaired) electrons. The van der Waals surface area contributed by atoms with Crippen LogP contribution < -0.4 is 10.0 Å². The molecule has 2 aromatic rings. The maximum absolute atomic E-state index is 13.3. The summed E-state index contributed by atoms with van der Waals surface area (Å²) in [6, 6.07) is 10.2. The van der Waals surface area contributed by atoms with E-state index in [9.17, 15) is 12.8 Å². The summed E-state index contributed by atoms with van der Waals surface area (Å²) in [5.41, 5.74) is 3.79. The fourth-order valence-electron chi connectivity index (χ4n) is 3.61. The van der Waals surface area contributed by atoms with Gasteiger partial charge in [0.05, 0.1) is 22.8 Å². The van der Waals surface area contributed by atoms with Crippen molar-refractivity contribution in [3.8, 4) is 0 Å². The van der Waals surface area contributed by atoms with E-state index in [0.717, 1.165) is 35.3 Å². The molecule has 0 aromatic heterocycles. The topological polar surface area (TPSA) is 43.9 Å². The lowest BCUT2D eigenvalue weighted by molar-refractivity contribution is 0.485. The molecule has 1 aliphatic carbocycles. The summed E-state index contributed by atoms with van der Waals surface area (Å²) >= 11 is 0. The highest BCUT2D eigenvalue weighted by Crippen LogP contribution is 2.47. The number of benzene rings is 2. The maximum Gasteiger partial charge on any atom is 0.243 e. The first kappa shape index (κ1) is 18.3. The zero-order valence-corrected chi connectivity index (χ0v) is 16.6. The van der Waals surface area contributed by atoms with E-state index in [2.05, 4.69) is 6.07 Å². The molecule has 4 rings (SSSR count). The largest absolute Gasteiger partial charge is 0.288 e. The van der Waals surface area contributed by atoms with E-state index in [4.69, 9.17) is 0 Å². The second kappa shape index (κ2) is 6.49. The molecule has 7 heteroatoms. The van der Waals surface area contributed by atoms with Gasteiger partial charge in [0.2, 0.25) is 10.0 Å². The van der Waals surface area contributed by atoms with Gasteiger partial charge in [0.1, 0.15) is 5.82 Å². The highest BCUT2D eigenvalue weighted by Gasteiger charge is 2.36. The fourth-order valence-corrected chi connectivity index (χ4v) is 5.07. The van der Waals surface area contributed by atoms with Crippen LogP contribution in [0.15, 0.2) is 41.3 Å². The number of rotatable bonds is 5. The minimum Gasteiger partial charge on any atom is -0.288 e. The number of anilines is 2. The van der Waals surface area contributed by atoms with Gasteiger partial charge in [-0.1, -0.05) is 13.0 Å². The Morgan fingerprint density at radius 2 is 1.85 bits per heavy atom. The van der Waals surface area contributed by atoms with Crippen molar-refractivity contribution in [3.05, 3.63) is 53.3 Å². The predicted octanol–water partition coefficient (Wildman–Crippen LogP) is 3.71. The molecule has 144 valence electrons. The first-order chi connectivity index (χ1) is 12.8. The number of sulfonamides is 1. The molecule has 0 spiro atoms. The van der Waals surface area contributed by atoms with E-state index in [0.29, 0.717) is 23.9 Å². The Hall–Kier alpha value is -2.12. The van der Waals surface area contributed by atoms with Crippen molar-refractivity contribution in [2.75, 3.05) is 30.7 Å². The van der Waals surface area contributed by atoms with Gasteiger partial charge in [-0.3, -0.25) is 10.0 Å². The number of hydrogen-bond acceptors (Lipinski definition) is 4. The van der Waals surface area contributed by atoms with Gasteiger partial charge in [-0.15, -0.1) is 0 Å². The Balaban J connectivity index is 1.78. The van der Waals surface area contributed by atoms with Gasteiger partial charge in [-0.05, 0) is 60.2 Å². The normalized spacial score (nSPS) is 16.9. The molecule has 0 saturated heterocycles. The molecule has 1 heterocycles. The SMILES string of the molecule is CCN(C)S(=O)(=O)c1cc2c(cc1C1CC1)CN(c1ccc(F)cc1)N2C. The molecule has 2 aliphatic rings. The van der Waals surface area contributed by atoms with Crippen molar-refractivity contribution in [1.82, 2.24) is 4.31 Å². The number of nitrogens with zero attached hydrogens (tertiary/aromatic N) is 3. The van der Waals surface area contributed by atoms with Gasteiger partial charge in [0.25, 0.3) is 0 Å². The van der Waals surface area contributed by atoms with Crippen LogP contribution >= 0.6 is 0 Å². The summed E-state index contributed by atoms with van der Waals surface area (Å²) in [4.78, 5) is 0.418. The Bertz CT molecular complexity index is 971. The van der Waals surface area contributed by atoms with Gasteiger partial charge in [-0.2, -0.15) is 0 Å². The summed E-state index contributed by atoms with van der Waals surface area (Å²) in [5.74, 6) is 0.0561. The average Bonchev–Trinajstić information content (AvgIpc) is 3.45. The predicted molar refractivity (Wildman–Crippen MR) is 105 cm³/mol. The highest BCUT2D eigenvalue weighted by molar-refractivity contribution is 7.89. The maximum atomic E-state index is 13.3. The minimum absolute atomic E-state index is 0.273. The molecule has 0 amide bonds. The molecule has 0 unspecified atom stereocenters. The Morgan fingerprint density at radius 1 is 1.19 bits per heavy atom. The van der Waals surface area contributed by atoms with E-state index < -0.39 is 10.0 Å². The minimum atomic E-state index is -3.52. The van der Waals surface area contributed by atoms with Crippen molar-refractivity contribution in [2.45, 2.75) is 37.1 Å². The molecule has 0 bridgehead atoms.